The van der Waals surface area contributed by atoms with Crippen molar-refractivity contribution in [3.05, 3.63) is 12.0 Å². The summed E-state index contributed by atoms with van der Waals surface area (Å²) in [7, 11) is 1.33. The number of carbonyl (C=O) groups is 1. The van der Waals surface area contributed by atoms with Gasteiger partial charge in [-0.15, -0.1) is 0 Å². The zero-order chi connectivity index (χ0) is 13.1. The molecule has 1 aromatic heterocycles. The Hall–Kier alpha value is -1.56. The smallest absolute Gasteiger partial charge is 0.360 e. The Balaban J connectivity index is 2.18. The molecule has 0 saturated carbocycles. The number of hydrogen-bond donors (Lipinski definition) is 1. The van der Waals surface area contributed by atoms with Crippen molar-refractivity contribution in [3.63, 3.8) is 0 Å². The second kappa shape index (κ2) is 5.39. The molecule has 1 aliphatic heterocycles. The minimum Gasteiger partial charge on any atom is -0.464 e. The van der Waals surface area contributed by atoms with Crippen molar-refractivity contribution < 1.29 is 9.53 Å². The average molecular weight is 252 g/mol. The average Bonchev–Trinajstić information content (AvgIpc) is 2.80. The minimum atomic E-state index is -0.477. The molecule has 0 aliphatic carbocycles. The number of hydrogen-bond acceptors (Lipinski definition) is 5. The van der Waals surface area contributed by atoms with Crippen molar-refractivity contribution >= 4 is 11.8 Å². The largest absolute Gasteiger partial charge is 0.464 e. The van der Waals surface area contributed by atoms with E-state index in [4.69, 9.17) is 5.73 Å². The number of rotatable bonds is 3. The predicted molar refractivity (Wildman–Crippen MR) is 68.4 cm³/mol. The van der Waals surface area contributed by atoms with Gasteiger partial charge in [-0.2, -0.15) is 0 Å². The van der Waals surface area contributed by atoms with Crippen LogP contribution in [0.15, 0.2) is 6.33 Å². The van der Waals surface area contributed by atoms with Gasteiger partial charge in [-0.25, -0.2) is 9.78 Å². The van der Waals surface area contributed by atoms with E-state index in [2.05, 4.69) is 21.5 Å². The van der Waals surface area contributed by atoms with Crippen LogP contribution in [-0.2, 0) is 4.74 Å². The lowest BCUT2D eigenvalue weighted by Gasteiger charge is -2.32. The fourth-order valence-electron chi connectivity index (χ4n) is 2.46. The van der Waals surface area contributed by atoms with Gasteiger partial charge in [0, 0.05) is 12.6 Å². The highest BCUT2D eigenvalue weighted by atomic mass is 16.5. The first kappa shape index (κ1) is 12.9. The number of aromatic nitrogens is 2. The number of likely N-dealkylation sites (N-methyl/N-ethyl adjacent to an activating group) is 1. The van der Waals surface area contributed by atoms with E-state index >= 15 is 0 Å². The number of imidazole rings is 1. The number of nitrogens with zero attached hydrogens (tertiary/aromatic N) is 3. The Labute approximate surface area is 107 Å². The summed E-state index contributed by atoms with van der Waals surface area (Å²) in [5.74, 6) is -0.0702. The van der Waals surface area contributed by atoms with Crippen LogP contribution >= 0.6 is 0 Å². The fourth-order valence-corrected chi connectivity index (χ4v) is 2.46. The molecule has 1 atom stereocenters. The Bertz CT molecular complexity index is 430. The molecule has 6 nitrogen and oxygen atoms in total. The van der Waals surface area contributed by atoms with Gasteiger partial charge in [-0.3, -0.25) is 0 Å². The lowest BCUT2D eigenvalue weighted by Crippen LogP contribution is -2.36. The maximum atomic E-state index is 11.5. The molecule has 1 fully saturated rings. The van der Waals surface area contributed by atoms with Crippen LogP contribution in [0.25, 0.3) is 0 Å². The van der Waals surface area contributed by atoms with E-state index < -0.39 is 5.97 Å². The number of ether oxygens (including phenoxy) is 1. The summed E-state index contributed by atoms with van der Waals surface area (Å²) in [6.45, 7) is 5.28. The van der Waals surface area contributed by atoms with Gasteiger partial charge in [-0.05, 0) is 25.9 Å². The normalized spacial score (nSPS) is 20.9. The first-order valence-corrected chi connectivity index (χ1v) is 6.30. The van der Waals surface area contributed by atoms with E-state index in [1.807, 2.05) is 4.57 Å². The van der Waals surface area contributed by atoms with Crippen LogP contribution < -0.4 is 5.73 Å². The van der Waals surface area contributed by atoms with E-state index in [9.17, 15) is 4.79 Å². The van der Waals surface area contributed by atoms with E-state index in [-0.39, 0.29) is 5.69 Å². The molecule has 0 radical (unpaired) electrons. The van der Waals surface area contributed by atoms with Crippen LogP contribution in [0.1, 0.15) is 36.3 Å². The molecule has 0 spiro atoms. The van der Waals surface area contributed by atoms with Gasteiger partial charge in [0.2, 0.25) is 0 Å². The molecule has 1 aliphatic rings. The van der Waals surface area contributed by atoms with Crippen LogP contribution in [0.2, 0.25) is 0 Å². The summed E-state index contributed by atoms with van der Waals surface area (Å²) in [5, 5.41) is 0. The summed E-state index contributed by atoms with van der Waals surface area (Å²) in [5.41, 5.74) is 6.19. The summed E-state index contributed by atoms with van der Waals surface area (Å²) >= 11 is 0. The quantitative estimate of drug-likeness (QED) is 0.809. The van der Waals surface area contributed by atoms with Crippen LogP contribution in [0.4, 0.5) is 5.82 Å². The van der Waals surface area contributed by atoms with E-state index in [1.54, 1.807) is 6.33 Å². The zero-order valence-electron chi connectivity index (χ0n) is 10.9. The second-order valence-corrected chi connectivity index (χ2v) is 4.57. The topological polar surface area (TPSA) is 73.4 Å². The third-order valence-corrected chi connectivity index (χ3v) is 3.53. The van der Waals surface area contributed by atoms with Crippen molar-refractivity contribution in [2.75, 3.05) is 32.5 Å². The first-order valence-electron chi connectivity index (χ1n) is 6.30. The van der Waals surface area contributed by atoms with Crippen molar-refractivity contribution in [2.24, 2.45) is 0 Å². The van der Waals surface area contributed by atoms with E-state index in [0.29, 0.717) is 11.9 Å². The standard InChI is InChI=1S/C12H20N4O2/c1-3-15-6-4-5-9(7-15)16-8-14-10(11(16)13)12(17)18-2/h8-9H,3-7,13H2,1-2H3. The fraction of sp³-hybridized carbons (Fsp3) is 0.667. The highest BCUT2D eigenvalue weighted by Gasteiger charge is 2.24. The molecule has 1 saturated heterocycles. The molecule has 0 bridgehead atoms. The van der Waals surface area contributed by atoms with Gasteiger partial charge in [0.15, 0.2) is 5.69 Å². The van der Waals surface area contributed by atoms with Gasteiger partial charge >= 0.3 is 5.97 Å². The summed E-state index contributed by atoms with van der Waals surface area (Å²) in [4.78, 5) is 17.9. The summed E-state index contributed by atoms with van der Waals surface area (Å²) in [6.07, 6.45) is 3.85. The van der Waals surface area contributed by atoms with Crippen molar-refractivity contribution in [3.8, 4) is 0 Å². The Morgan fingerprint density at radius 2 is 2.44 bits per heavy atom. The first-order chi connectivity index (χ1) is 8.67. The number of methoxy groups -OCH3 is 1. The molecule has 1 unspecified atom stereocenters. The molecule has 18 heavy (non-hydrogen) atoms. The molecule has 0 aromatic carbocycles. The molecule has 2 N–H and O–H groups in total. The number of nitrogens with two attached hydrogens (primary N) is 1. The number of anilines is 1. The molecular formula is C12H20N4O2. The molecule has 2 rings (SSSR count). The lowest BCUT2D eigenvalue weighted by atomic mass is 10.1. The Kier molecular flexibility index (Phi) is 3.86. The predicted octanol–water partition coefficient (Wildman–Crippen LogP) is 0.909. The van der Waals surface area contributed by atoms with E-state index in [1.165, 1.54) is 7.11 Å². The van der Waals surface area contributed by atoms with Gasteiger partial charge < -0.3 is 19.9 Å². The summed E-state index contributed by atoms with van der Waals surface area (Å²) < 4.78 is 6.55. The minimum absolute atomic E-state index is 0.214. The SMILES string of the molecule is CCN1CCCC(n2cnc(C(=O)OC)c2N)C1. The summed E-state index contributed by atoms with van der Waals surface area (Å²) in [6, 6.07) is 0.296. The third-order valence-electron chi connectivity index (χ3n) is 3.53. The number of esters is 1. The number of piperidine rings is 1. The van der Waals surface area contributed by atoms with Crippen molar-refractivity contribution in [2.45, 2.75) is 25.8 Å². The maximum absolute atomic E-state index is 11.5. The molecule has 1 aromatic rings. The van der Waals surface area contributed by atoms with Crippen LogP contribution in [0.3, 0.4) is 0 Å². The molecule has 2 heterocycles. The molecule has 6 heteroatoms. The van der Waals surface area contributed by atoms with Gasteiger partial charge in [-0.1, -0.05) is 6.92 Å². The monoisotopic (exact) mass is 252 g/mol. The van der Waals surface area contributed by atoms with Gasteiger partial charge in [0.1, 0.15) is 5.82 Å². The second-order valence-electron chi connectivity index (χ2n) is 4.57. The molecule has 100 valence electrons. The van der Waals surface area contributed by atoms with Crippen LogP contribution in [0.5, 0.6) is 0 Å². The van der Waals surface area contributed by atoms with E-state index in [0.717, 1.165) is 32.5 Å². The van der Waals surface area contributed by atoms with Crippen molar-refractivity contribution in [1.82, 2.24) is 14.5 Å². The maximum Gasteiger partial charge on any atom is 0.360 e. The van der Waals surface area contributed by atoms with Crippen LogP contribution in [-0.4, -0.2) is 47.2 Å². The highest BCUT2D eigenvalue weighted by Crippen LogP contribution is 2.25. The third kappa shape index (κ3) is 2.33. The number of carbonyl (C=O) groups excluding carboxylic acids is 1. The number of nitrogen functional groups attached to an aromatic ring is 1. The zero-order valence-corrected chi connectivity index (χ0v) is 10.9. The van der Waals surface area contributed by atoms with Crippen LogP contribution in [0, 0.1) is 0 Å². The lowest BCUT2D eigenvalue weighted by molar-refractivity contribution is 0.0596. The molecule has 0 amide bonds. The Morgan fingerprint density at radius 1 is 1.67 bits per heavy atom. The van der Waals surface area contributed by atoms with Gasteiger partial charge in [0.25, 0.3) is 0 Å². The number of likely N-dealkylation sites (tertiary alicyclic amines) is 1. The highest BCUT2D eigenvalue weighted by molar-refractivity contribution is 5.92. The van der Waals surface area contributed by atoms with Crippen molar-refractivity contribution in [1.29, 1.82) is 0 Å². The molecular weight excluding hydrogens is 232 g/mol. The Morgan fingerprint density at radius 3 is 3.11 bits per heavy atom. The van der Waals surface area contributed by atoms with Gasteiger partial charge in [0.05, 0.1) is 13.4 Å².